The maximum atomic E-state index is 5.96. The van der Waals surface area contributed by atoms with Crippen LogP contribution >= 0.6 is 11.9 Å². The smallest absolute Gasteiger partial charge is 0.183 e. The van der Waals surface area contributed by atoms with Gasteiger partial charge in [-0.3, -0.25) is 0 Å². The van der Waals surface area contributed by atoms with E-state index < -0.39 is 0 Å². The molecule has 1 N–H and O–H groups in total. The summed E-state index contributed by atoms with van der Waals surface area (Å²) >= 11 is 1.53. The van der Waals surface area contributed by atoms with Gasteiger partial charge in [0.15, 0.2) is 11.6 Å². The largest absolute Gasteiger partial charge is 0.496 e. The Morgan fingerprint density at radius 1 is 1.19 bits per heavy atom. The van der Waals surface area contributed by atoms with Gasteiger partial charge in [-0.2, -0.15) is 0 Å². The zero-order chi connectivity index (χ0) is 20.6. The molecule has 0 unspecified atom stereocenters. The van der Waals surface area contributed by atoms with Crippen LogP contribution in [0.1, 0.15) is 36.8 Å². The molecular formula is C25H25N3O2S. The molecule has 3 heterocycles. The number of anilines is 2. The summed E-state index contributed by atoms with van der Waals surface area (Å²) in [6.45, 7) is 1.21. The number of rotatable bonds is 5. The maximum absolute atomic E-state index is 5.96. The summed E-state index contributed by atoms with van der Waals surface area (Å²) < 4.78 is 14.9. The topological polar surface area (TPSA) is 50.5 Å². The molecule has 3 aliphatic carbocycles. The van der Waals surface area contributed by atoms with Crippen LogP contribution < -0.4 is 14.4 Å². The lowest BCUT2D eigenvalue weighted by molar-refractivity contribution is 0.381. The molecule has 158 valence electrons. The van der Waals surface area contributed by atoms with E-state index in [4.69, 9.17) is 9.26 Å². The molecule has 6 heteroatoms. The van der Waals surface area contributed by atoms with Crippen molar-refractivity contribution in [2.45, 2.75) is 48.5 Å². The van der Waals surface area contributed by atoms with E-state index in [0.717, 1.165) is 40.6 Å². The minimum Gasteiger partial charge on any atom is -0.496 e. The van der Waals surface area contributed by atoms with Crippen LogP contribution in [0, 0.1) is 5.92 Å². The van der Waals surface area contributed by atoms with E-state index in [9.17, 15) is 0 Å². The molecule has 1 aromatic heterocycles. The molecule has 5 aliphatic rings. The Labute approximate surface area is 186 Å². The summed E-state index contributed by atoms with van der Waals surface area (Å²) in [4.78, 5) is 3.64. The van der Waals surface area contributed by atoms with E-state index in [1.165, 1.54) is 66.6 Å². The highest BCUT2D eigenvalue weighted by atomic mass is 32.2. The van der Waals surface area contributed by atoms with Gasteiger partial charge in [0.1, 0.15) is 5.75 Å². The van der Waals surface area contributed by atoms with Crippen molar-refractivity contribution in [2.24, 2.45) is 5.92 Å². The number of para-hydroxylation sites is 1. The number of ether oxygens (including phenoxy) is 1. The molecule has 0 atom stereocenters. The van der Waals surface area contributed by atoms with Crippen molar-refractivity contribution in [3.8, 4) is 17.1 Å². The van der Waals surface area contributed by atoms with Gasteiger partial charge in [-0.05, 0) is 79.8 Å². The molecule has 8 rings (SSSR count). The molecule has 0 radical (unpaired) electrons. The highest BCUT2D eigenvalue weighted by Gasteiger charge is 2.51. The second kappa shape index (κ2) is 6.45. The average Bonchev–Trinajstić information content (AvgIpc) is 3.13. The molecule has 31 heavy (non-hydrogen) atoms. The van der Waals surface area contributed by atoms with Gasteiger partial charge in [-0.15, -0.1) is 0 Å². The quantitative estimate of drug-likeness (QED) is 0.527. The predicted molar refractivity (Wildman–Crippen MR) is 123 cm³/mol. The van der Waals surface area contributed by atoms with Crippen molar-refractivity contribution in [2.75, 3.05) is 23.3 Å². The number of methoxy groups -OCH3 is 1. The Morgan fingerprint density at radius 2 is 2.06 bits per heavy atom. The SMILES string of the molecule is COc1ccccc1SNc1noc2c1CC1(CC1)c1ccc(N3CC4CC3C4)cc1-2. The first kappa shape index (κ1) is 18.0. The van der Waals surface area contributed by atoms with Gasteiger partial charge in [-0.1, -0.05) is 23.4 Å². The molecule has 1 spiro atoms. The second-order valence-electron chi connectivity index (χ2n) is 9.52. The Morgan fingerprint density at radius 3 is 2.84 bits per heavy atom. The van der Waals surface area contributed by atoms with Crippen LogP contribution in [0.4, 0.5) is 11.5 Å². The third-order valence-corrected chi connectivity index (χ3v) is 8.59. The minimum atomic E-state index is 0.269. The van der Waals surface area contributed by atoms with E-state index in [-0.39, 0.29) is 5.41 Å². The summed E-state index contributed by atoms with van der Waals surface area (Å²) in [6.07, 6.45) is 6.22. The first-order valence-electron chi connectivity index (χ1n) is 11.2. The van der Waals surface area contributed by atoms with E-state index in [1.807, 2.05) is 24.3 Å². The Hall–Kier alpha value is -2.60. The summed E-state index contributed by atoms with van der Waals surface area (Å²) in [5, 5.41) is 4.45. The molecule has 2 aliphatic heterocycles. The van der Waals surface area contributed by atoms with E-state index in [2.05, 4.69) is 33.0 Å². The van der Waals surface area contributed by atoms with E-state index in [0.29, 0.717) is 0 Å². The third kappa shape index (κ3) is 2.67. The average molecular weight is 432 g/mol. The Balaban J connectivity index is 1.23. The highest BCUT2D eigenvalue weighted by Crippen LogP contribution is 2.59. The number of hydrogen-bond acceptors (Lipinski definition) is 6. The van der Waals surface area contributed by atoms with Gasteiger partial charge in [0.25, 0.3) is 0 Å². The number of benzene rings is 2. The summed E-state index contributed by atoms with van der Waals surface area (Å²) in [6, 6.07) is 15.9. The molecular weight excluding hydrogens is 406 g/mol. The maximum Gasteiger partial charge on any atom is 0.183 e. The minimum absolute atomic E-state index is 0.269. The Bertz CT molecular complexity index is 1180. The number of fused-ring (bicyclic) bond motifs is 5. The number of aromatic nitrogens is 1. The molecule has 2 bridgehead atoms. The Kier molecular flexibility index (Phi) is 3.75. The van der Waals surface area contributed by atoms with Crippen molar-refractivity contribution in [1.82, 2.24) is 5.16 Å². The van der Waals surface area contributed by atoms with Crippen molar-refractivity contribution in [3.05, 3.63) is 53.6 Å². The highest BCUT2D eigenvalue weighted by molar-refractivity contribution is 8.00. The fourth-order valence-corrected chi connectivity index (χ4v) is 6.58. The molecule has 2 saturated carbocycles. The monoisotopic (exact) mass is 431 g/mol. The van der Waals surface area contributed by atoms with Crippen LogP contribution in [0.2, 0.25) is 0 Å². The molecule has 3 aromatic rings. The zero-order valence-corrected chi connectivity index (χ0v) is 18.4. The summed E-state index contributed by atoms with van der Waals surface area (Å²) in [5.41, 5.74) is 5.54. The lowest BCUT2D eigenvalue weighted by Crippen LogP contribution is -2.28. The van der Waals surface area contributed by atoms with Gasteiger partial charge >= 0.3 is 0 Å². The first-order valence-corrected chi connectivity index (χ1v) is 12.0. The fraction of sp³-hybridized carbons (Fsp3) is 0.400. The van der Waals surface area contributed by atoms with Crippen molar-refractivity contribution < 1.29 is 9.26 Å². The molecule has 4 fully saturated rings. The second-order valence-corrected chi connectivity index (χ2v) is 10.4. The van der Waals surface area contributed by atoms with Crippen LogP contribution in [-0.4, -0.2) is 24.9 Å². The fourth-order valence-electron chi connectivity index (χ4n) is 5.81. The number of nitrogens with zero attached hydrogens (tertiary/aromatic N) is 2. The van der Waals surface area contributed by atoms with E-state index in [1.54, 1.807) is 7.11 Å². The third-order valence-electron chi connectivity index (χ3n) is 7.74. The van der Waals surface area contributed by atoms with Crippen LogP contribution in [-0.2, 0) is 11.8 Å². The van der Waals surface area contributed by atoms with Gasteiger partial charge in [-0.25, -0.2) is 0 Å². The van der Waals surface area contributed by atoms with Crippen molar-refractivity contribution in [1.29, 1.82) is 0 Å². The lowest BCUT2D eigenvalue weighted by Gasteiger charge is -2.30. The molecule has 5 nitrogen and oxygen atoms in total. The zero-order valence-electron chi connectivity index (χ0n) is 17.6. The predicted octanol–water partition coefficient (Wildman–Crippen LogP) is 5.66. The van der Waals surface area contributed by atoms with Crippen molar-refractivity contribution >= 4 is 23.5 Å². The summed E-state index contributed by atoms with van der Waals surface area (Å²) in [7, 11) is 1.70. The van der Waals surface area contributed by atoms with Crippen molar-refractivity contribution in [3.63, 3.8) is 0 Å². The van der Waals surface area contributed by atoms with Crippen LogP contribution in [0.5, 0.6) is 5.75 Å². The van der Waals surface area contributed by atoms with Gasteiger partial charge in [0, 0.05) is 34.8 Å². The normalized spacial score (nSPS) is 23.8. The molecule has 0 amide bonds. The lowest BCUT2D eigenvalue weighted by atomic mass is 9.79. The van der Waals surface area contributed by atoms with Crippen LogP contribution in [0.3, 0.4) is 0 Å². The van der Waals surface area contributed by atoms with Gasteiger partial charge < -0.3 is 18.9 Å². The van der Waals surface area contributed by atoms with Crippen LogP contribution in [0.15, 0.2) is 51.9 Å². The van der Waals surface area contributed by atoms with Gasteiger partial charge in [0.05, 0.1) is 12.0 Å². The molecule has 2 saturated heterocycles. The number of nitrogens with one attached hydrogen (secondary N) is 1. The first-order chi connectivity index (χ1) is 15.2. The molecule has 2 aromatic carbocycles. The summed E-state index contributed by atoms with van der Waals surface area (Å²) in [5.74, 6) is 3.55. The number of hydrogen-bond donors (Lipinski definition) is 1. The van der Waals surface area contributed by atoms with Crippen LogP contribution in [0.25, 0.3) is 11.3 Å². The van der Waals surface area contributed by atoms with Gasteiger partial charge in [0.2, 0.25) is 0 Å². The standard InChI is InChI=1S/C25H25N3O2S/c1-29-21-4-2-3-5-22(21)31-27-24-19-13-25(8-9-25)20-7-6-16(12-18(20)23(19)30-26-24)28-14-15-10-17(28)11-15/h2-7,12,15,17H,8-11,13-14H2,1H3,(H,26,27). The van der Waals surface area contributed by atoms with E-state index >= 15 is 0 Å².